The molecular weight excluding hydrogens is 299 g/mol. The molecule has 6 heteroatoms. The molecule has 1 aromatic rings. The molecule has 2 unspecified atom stereocenters. The third-order valence-electron chi connectivity index (χ3n) is 3.17. The van der Waals surface area contributed by atoms with Crippen LogP contribution >= 0.6 is 24.2 Å². The smallest absolute Gasteiger partial charge is 0.223 e. The molecule has 2 atom stereocenters. The van der Waals surface area contributed by atoms with E-state index in [-0.39, 0.29) is 36.1 Å². The number of amides is 1. The maximum atomic E-state index is 12.8. The highest BCUT2D eigenvalue weighted by molar-refractivity contribution is 7.99. The summed E-state index contributed by atoms with van der Waals surface area (Å²) in [5, 5.41) is 6.27. The Morgan fingerprint density at radius 2 is 2.20 bits per heavy atom. The highest BCUT2D eigenvalue weighted by Crippen LogP contribution is 2.21. The van der Waals surface area contributed by atoms with Crippen LogP contribution in [0.1, 0.15) is 13.3 Å². The van der Waals surface area contributed by atoms with Gasteiger partial charge in [-0.1, -0.05) is 6.92 Å². The lowest BCUT2D eigenvalue weighted by Gasteiger charge is -2.16. The number of hydrogen-bond donors (Lipinski definition) is 2. The fourth-order valence-corrected chi connectivity index (χ4v) is 2.87. The molecule has 0 radical (unpaired) electrons. The molecule has 2 N–H and O–H groups in total. The van der Waals surface area contributed by atoms with E-state index in [1.54, 1.807) is 23.9 Å². The predicted octanol–water partition coefficient (Wildman–Crippen LogP) is 2.45. The summed E-state index contributed by atoms with van der Waals surface area (Å²) in [6, 6.07) is 6.64. The molecule has 0 aromatic heterocycles. The van der Waals surface area contributed by atoms with Gasteiger partial charge in [-0.3, -0.25) is 4.79 Å². The number of hydrogen-bond acceptors (Lipinski definition) is 3. The summed E-state index contributed by atoms with van der Waals surface area (Å²) in [6.07, 6.45) is 1.00. The van der Waals surface area contributed by atoms with Gasteiger partial charge in [-0.15, -0.1) is 24.2 Å². The van der Waals surface area contributed by atoms with Crippen molar-refractivity contribution in [1.82, 2.24) is 10.6 Å². The normalized spacial score (nSPS) is 19.2. The van der Waals surface area contributed by atoms with E-state index in [1.807, 2.05) is 6.92 Å². The summed E-state index contributed by atoms with van der Waals surface area (Å²) < 4.78 is 12.8. The highest BCUT2D eigenvalue weighted by atomic mass is 35.5. The number of carbonyl (C=O) groups excluding carboxylic acids is 1. The molecule has 0 aliphatic carbocycles. The molecular formula is C14H20ClFN2OS. The number of rotatable bonds is 5. The number of carbonyl (C=O) groups is 1. The van der Waals surface area contributed by atoms with E-state index in [0.29, 0.717) is 5.75 Å². The van der Waals surface area contributed by atoms with Crippen LogP contribution < -0.4 is 10.6 Å². The first kappa shape index (κ1) is 17.3. The Labute approximate surface area is 129 Å². The Hall–Kier alpha value is -0.780. The van der Waals surface area contributed by atoms with Crippen LogP contribution in [0.5, 0.6) is 0 Å². The van der Waals surface area contributed by atoms with Crippen molar-refractivity contribution >= 4 is 30.1 Å². The molecule has 112 valence electrons. The van der Waals surface area contributed by atoms with Gasteiger partial charge in [0.2, 0.25) is 5.91 Å². The van der Waals surface area contributed by atoms with Gasteiger partial charge in [-0.05, 0) is 37.2 Å². The highest BCUT2D eigenvalue weighted by Gasteiger charge is 2.20. The Balaban J connectivity index is 0.00000200. The second-order valence-corrected chi connectivity index (χ2v) is 5.96. The minimum absolute atomic E-state index is 0. The molecule has 1 fully saturated rings. The quantitative estimate of drug-likeness (QED) is 0.819. The second-order valence-electron chi connectivity index (χ2n) is 4.86. The summed E-state index contributed by atoms with van der Waals surface area (Å²) in [4.78, 5) is 13.0. The summed E-state index contributed by atoms with van der Waals surface area (Å²) in [5.74, 6) is 0.528. The van der Waals surface area contributed by atoms with E-state index < -0.39 is 0 Å². The van der Waals surface area contributed by atoms with Crippen LogP contribution in [-0.2, 0) is 4.79 Å². The van der Waals surface area contributed by atoms with Crippen LogP contribution in [0.4, 0.5) is 4.39 Å². The SMILES string of the molecule is CC(CSc1ccc(F)cc1)C(=O)NC1CCNC1.Cl. The van der Waals surface area contributed by atoms with Crippen LogP contribution in [0.15, 0.2) is 29.2 Å². The predicted molar refractivity (Wildman–Crippen MR) is 83.0 cm³/mol. The van der Waals surface area contributed by atoms with E-state index in [2.05, 4.69) is 10.6 Å². The van der Waals surface area contributed by atoms with Gasteiger partial charge in [0.25, 0.3) is 0 Å². The zero-order chi connectivity index (χ0) is 13.7. The number of thioether (sulfide) groups is 1. The molecule has 20 heavy (non-hydrogen) atoms. The fraction of sp³-hybridized carbons (Fsp3) is 0.500. The molecule has 1 amide bonds. The average molecular weight is 319 g/mol. The van der Waals surface area contributed by atoms with Gasteiger partial charge in [0.05, 0.1) is 0 Å². The van der Waals surface area contributed by atoms with Gasteiger partial charge >= 0.3 is 0 Å². The number of nitrogens with one attached hydrogen (secondary N) is 2. The van der Waals surface area contributed by atoms with E-state index >= 15 is 0 Å². The monoisotopic (exact) mass is 318 g/mol. The van der Waals surface area contributed by atoms with E-state index in [0.717, 1.165) is 24.4 Å². The number of halogens is 2. The third kappa shape index (κ3) is 5.31. The molecule has 0 spiro atoms. The Morgan fingerprint density at radius 3 is 2.80 bits per heavy atom. The molecule has 1 aliphatic heterocycles. The molecule has 0 bridgehead atoms. The third-order valence-corrected chi connectivity index (χ3v) is 4.44. The molecule has 1 aliphatic rings. The van der Waals surface area contributed by atoms with Crippen LogP contribution in [0.2, 0.25) is 0 Å². The largest absolute Gasteiger partial charge is 0.352 e. The zero-order valence-corrected chi connectivity index (χ0v) is 13.0. The van der Waals surface area contributed by atoms with Crippen LogP contribution in [0.3, 0.4) is 0 Å². The van der Waals surface area contributed by atoms with Crippen molar-refractivity contribution in [1.29, 1.82) is 0 Å². The van der Waals surface area contributed by atoms with Crippen LogP contribution in [0, 0.1) is 11.7 Å². The van der Waals surface area contributed by atoms with E-state index in [9.17, 15) is 9.18 Å². The lowest BCUT2D eigenvalue weighted by Crippen LogP contribution is -2.39. The minimum atomic E-state index is -0.233. The first-order valence-electron chi connectivity index (χ1n) is 6.54. The van der Waals surface area contributed by atoms with Crippen molar-refractivity contribution in [3.05, 3.63) is 30.1 Å². The van der Waals surface area contributed by atoms with Gasteiger partial charge in [0.1, 0.15) is 5.82 Å². The molecule has 1 aromatic carbocycles. The maximum Gasteiger partial charge on any atom is 0.223 e. The standard InChI is InChI=1S/C14H19FN2OS.ClH/c1-10(14(18)17-12-6-7-16-8-12)9-19-13-4-2-11(15)3-5-13;/h2-5,10,12,16H,6-9H2,1H3,(H,17,18);1H. The topological polar surface area (TPSA) is 41.1 Å². The van der Waals surface area contributed by atoms with Gasteiger partial charge in [-0.2, -0.15) is 0 Å². The minimum Gasteiger partial charge on any atom is -0.352 e. The van der Waals surface area contributed by atoms with Crippen molar-refractivity contribution in [2.24, 2.45) is 5.92 Å². The Bertz CT molecular complexity index is 424. The lowest BCUT2D eigenvalue weighted by atomic mass is 10.2. The second kappa shape index (κ2) is 8.49. The van der Waals surface area contributed by atoms with Gasteiger partial charge < -0.3 is 10.6 Å². The van der Waals surface area contributed by atoms with Gasteiger partial charge in [-0.25, -0.2) is 4.39 Å². The number of benzene rings is 1. The molecule has 1 heterocycles. The van der Waals surface area contributed by atoms with Crippen molar-refractivity contribution in [3.63, 3.8) is 0 Å². The van der Waals surface area contributed by atoms with Crippen molar-refractivity contribution < 1.29 is 9.18 Å². The maximum absolute atomic E-state index is 12.8. The van der Waals surface area contributed by atoms with Crippen molar-refractivity contribution in [2.75, 3.05) is 18.8 Å². The molecule has 1 saturated heterocycles. The van der Waals surface area contributed by atoms with Crippen LogP contribution in [0.25, 0.3) is 0 Å². The molecule has 2 rings (SSSR count). The Morgan fingerprint density at radius 1 is 1.50 bits per heavy atom. The van der Waals surface area contributed by atoms with Gasteiger partial charge in [0, 0.05) is 29.2 Å². The first-order valence-corrected chi connectivity index (χ1v) is 7.53. The van der Waals surface area contributed by atoms with Crippen molar-refractivity contribution in [3.8, 4) is 0 Å². The van der Waals surface area contributed by atoms with E-state index in [4.69, 9.17) is 0 Å². The van der Waals surface area contributed by atoms with Crippen LogP contribution in [-0.4, -0.2) is 30.8 Å². The van der Waals surface area contributed by atoms with E-state index in [1.165, 1.54) is 12.1 Å². The summed E-state index contributed by atoms with van der Waals surface area (Å²) >= 11 is 1.58. The Kier molecular flexibility index (Phi) is 7.34. The molecule has 3 nitrogen and oxygen atoms in total. The summed E-state index contributed by atoms with van der Waals surface area (Å²) in [6.45, 7) is 3.77. The average Bonchev–Trinajstić information content (AvgIpc) is 2.90. The summed E-state index contributed by atoms with van der Waals surface area (Å²) in [5.41, 5.74) is 0. The summed E-state index contributed by atoms with van der Waals surface area (Å²) in [7, 11) is 0. The molecule has 0 saturated carbocycles. The van der Waals surface area contributed by atoms with Gasteiger partial charge in [0.15, 0.2) is 0 Å². The first-order chi connectivity index (χ1) is 9.15. The zero-order valence-electron chi connectivity index (χ0n) is 11.4. The fourth-order valence-electron chi connectivity index (χ4n) is 1.95. The lowest BCUT2D eigenvalue weighted by molar-refractivity contribution is -0.124. The van der Waals surface area contributed by atoms with Crippen molar-refractivity contribution in [2.45, 2.75) is 24.3 Å².